The number of hydrogen-bond donors (Lipinski definition) is 1. The van der Waals surface area contributed by atoms with Gasteiger partial charge in [0, 0.05) is 18.3 Å². The highest BCUT2D eigenvalue weighted by Gasteiger charge is 2.02. The van der Waals surface area contributed by atoms with E-state index in [9.17, 15) is 0 Å². The normalized spacial score (nSPS) is 10.3. The molecule has 2 N–H and O–H groups in total. The van der Waals surface area contributed by atoms with Crippen molar-refractivity contribution >= 4 is 0 Å². The molecule has 1 rings (SSSR count). The SMILES string of the molecule is CC(C)Oc1cnccc1CN. The lowest BCUT2D eigenvalue weighted by molar-refractivity contribution is 0.239. The fourth-order valence-electron chi connectivity index (χ4n) is 0.937. The number of aromatic nitrogens is 1. The second-order valence-corrected chi connectivity index (χ2v) is 2.85. The number of pyridine rings is 1. The lowest BCUT2D eigenvalue weighted by Gasteiger charge is -2.11. The summed E-state index contributed by atoms with van der Waals surface area (Å²) in [5.41, 5.74) is 6.52. The highest BCUT2D eigenvalue weighted by molar-refractivity contribution is 5.29. The van der Waals surface area contributed by atoms with Gasteiger partial charge in [0.25, 0.3) is 0 Å². The van der Waals surface area contributed by atoms with Crippen molar-refractivity contribution in [3.8, 4) is 5.75 Å². The fourth-order valence-corrected chi connectivity index (χ4v) is 0.937. The first-order valence-electron chi connectivity index (χ1n) is 4.03. The topological polar surface area (TPSA) is 48.1 Å². The summed E-state index contributed by atoms with van der Waals surface area (Å²) in [7, 11) is 0. The van der Waals surface area contributed by atoms with Crippen LogP contribution in [0.3, 0.4) is 0 Å². The van der Waals surface area contributed by atoms with Crippen LogP contribution in [0, 0.1) is 0 Å². The average Bonchev–Trinajstić information content (AvgIpc) is 2.04. The van der Waals surface area contributed by atoms with Gasteiger partial charge in [-0.15, -0.1) is 0 Å². The molecule has 1 aromatic heterocycles. The van der Waals surface area contributed by atoms with Crippen molar-refractivity contribution in [2.75, 3.05) is 0 Å². The van der Waals surface area contributed by atoms with Crippen molar-refractivity contribution in [1.29, 1.82) is 0 Å². The minimum absolute atomic E-state index is 0.166. The van der Waals surface area contributed by atoms with Gasteiger partial charge in [0.05, 0.1) is 12.3 Å². The monoisotopic (exact) mass is 166 g/mol. The Morgan fingerprint density at radius 1 is 1.58 bits per heavy atom. The van der Waals surface area contributed by atoms with Crippen LogP contribution in [0.25, 0.3) is 0 Å². The maximum Gasteiger partial charge on any atom is 0.142 e. The van der Waals surface area contributed by atoms with Crippen molar-refractivity contribution in [3.05, 3.63) is 24.0 Å². The Hall–Kier alpha value is -1.09. The van der Waals surface area contributed by atoms with E-state index in [1.807, 2.05) is 19.9 Å². The molecule has 0 radical (unpaired) electrons. The van der Waals surface area contributed by atoms with Gasteiger partial charge in [-0.1, -0.05) is 0 Å². The Labute approximate surface area is 72.6 Å². The molecule has 0 saturated heterocycles. The highest BCUT2D eigenvalue weighted by Crippen LogP contribution is 2.16. The molecule has 66 valence electrons. The standard InChI is InChI=1S/C9H14N2O/c1-7(2)12-9-6-11-4-3-8(9)5-10/h3-4,6-7H,5,10H2,1-2H3. The van der Waals surface area contributed by atoms with Crippen LogP contribution in [-0.4, -0.2) is 11.1 Å². The summed E-state index contributed by atoms with van der Waals surface area (Å²) in [5.74, 6) is 0.787. The van der Waals surface area contributed by atoms with Crippen molar-refractivity contribution < 1.29 is 4.74 Å². The average molecular weight is 166 g/mol. The van der Waals surface area contributed by atoms with Crippen molar-refractivity contribution in [3.63, 3.8) is 0 Å². The number of nitrogens with zero attached hydrogens (tertiary/aromatic N) is 1. The summed E-state index contributed by atoms with van der Waals surface area (Å²) in [6.07, 6.45) is 3.58. The molecule has 0 bridgehead atoms. The van der Waals surface area contributed by atoms with Gasteiger partial charge in [0.2, 0.25) is 0 Å². The van der Waals surface area contributed by atoms with E-state index in [1.54, 1.807) is 12.4 Å². The quantitative estimate of drug-likeness (QED) is 0.736. The maximum atomic E-state index is 5.52. The molecule has 0 aliphatic carbocycles. The molecule has 0 atom stereocenters. The molecule has 0 saturated carbocycles. The van der Waals surface area contributed by atoms with E-state index in [-0.39, 0.29) is 6.10 Å². The van der Waals surface area contributed by atoms with Gasteiger partial charge in [-0.3, -0.25) is 4.98 Å². The molecule has 3 heteroatoms. The van der Waals surface area contributed by atoms with E-state index in [0.717, 1.165) is 11.3 Å². The van der Waals surface area contributed by atoms with E-state index in [0.29, 0.717) is 6.54 Å². The van der Waals surface area contributed by atoms with Crippen molar-refractivity contribution in [2.45, 2.75) is 26.5 Å². The first kappa shape index (κ1) is 9.00. The molecule has 0 unspecified atom stereocenters. The van der Waals surface area contributed by atoms with E-state index in [4.69, 9.17) is 10.5 Å². The van der Waals surface area contributed by atoms with Gasteiger partial charge in [0.1, 0.15) is 5.75 Å². The Kier molecular flexibility index (Phi) is 3.05. The van der Waals surface area contributed by atoms with Crippen LogP contribution in [0.15, 0.2) is 18.5 Å². The molecule has 0 aliphatic heterocycles. The third-order valence-electron chi connectivity index (χ3n) is 1.45. The third kappa shape index (κ3) is 2.20. The zero-order valence-electron chi connectivity index (χ0n) is 7.45. The molecule has 0 aliphatic rings. The number of nitrogens with two attached hydrogens (primary N) is 1. The third-order valence-corrected chi connectivity index (χ3v) is 1.45. The summed E-state index contributed by atoms with van der Waals surface area (Å²) < 4.78 is 5.49. The van der Waals surface area contributed by atoms with Crippen LogP contribution in [0.1, 0.15) is 19.4 Å². The summed E-state index contributed by atoms with van der Waals surface area (Å²) in [6.45, 7) is 4.45. The summed E-state index contributed by atoms with van der Waals surface area (Å²) in [4.78, 5) is 3.97. The molecule has 3 nitrogen and oxygen atoms in total. The second kappa shape index (κ2) is 4.07. The highest BCUT2D eigenvalue weighted by atomic mass is 16.5. The van der Waals surface area contributed by atoms with Crippen LogP contribution in [0.4, 0.5) is 0 Å². The molecule has 0 amide bonds. The van der Waals surface area contributed by atoms with Gasteiger partial charge in [0.15, 0.2) is 0 Å². The molecular formula is C9H14N2O. The molecule has 12 heavy (non-hydrogen) atoms. The van der Waals surface area contributed by atoms with Gasteiger partial charge in [-0.2, -0.15) is 0 Å². The molecule has 0 fully saturated rings. The predicted molar refractivity (Wildman–Crippen MR) is 47.9 cm³/mol. The molecule has 0 aromatic carbocycles. The largest absolute Gasteiger partial charge is 0.489 e. The zero-order valence-corrected chi connectivity index (χ0v) is 7.45. The van der Waals surface area contributed by atoms with Gasteiger partial charge in [-0.25, -0.2) is 0 Å². The second-order valence-electron chi connectivity index (χ2n) is 2.85. The van der Waals surface area contributed by atoms with Crippen LogP contribution in [-0.2, 0) is 6.54 Å². The van der Waals surface area contributed by atoms with Crippen molar-refractivity contribution in [1.82, 2.24) is 4.98 Å². The van der Waals surface area contributed by atoms with Gasteiger partial charge in [-0.05, 0) is 19.9 Å². The first-order chi connectivity index (χ1) is 5.74. The molecular weight excluding hydrogens is 152 g/mol. The smallest absolute Gasteiger partial charge is 0.142 e. The number of rotatable bonds is 3. The van der Waals surface area contributed by atoms with Crippen LogP contribution >= 0.6 is 0 Å². The molecule has 1 heterocycles. The Balaban J connectivity index is 2.82. The summed E-state index contributed by atoms with van der Waals surface area (Å²) >= 11 is 0. The van der Waals surface area contributed by atoms with E-state index in [2.05, 4.69) is 4.98 Å². The Bertz CT molecular complexity index is 248. The lowest BCUT2D eigenvalue weighted by atomic mass is 10.2. The lowest BCUT2D eigenvalue weighted by Crippen LogP contribution is -2.09. The van der Waals surface area contributed by atoms with Crippen molar-refractivity contribution in [2.24, 2.45) is 5.73 Å². The van der Waals surface area contributed by atoms with E-state index in [1.165, 1.54) is 0 Å². The summed E-state index contributed by atoms with van der Waals surface area (Å²) in [6, 6.07) is 1.87. The van der Waals surface area contributed by atoms with E-state index >= 15 is 0 Å². The van der Waals surface area contributed by atoms with E-state index < -0.39 is 0 Å². The van der Waals surface area contributed by atoms with Gasteiger partial charge >= 0.3 is 0 Å². The zero-order chi connectivity index (χ0) is 8.97. The van der Waals surface area contributed by atoms with Crippen LogP contribution < -0.4 is 10.5 Å². The fraction of sp³-hybridized carbons (Fsp3) is 0.444. The van der Waals surface area contributed by atoms with Crippen LogP contribution in [0.2, 0.25) is 0 Å². The van der Waals surface area contributed by atoms with Gasteiger partial charge < -0.3 is 10.5 Å². The van der Waals surface area contributed by atoms with Crippen LogP contribution in [0.5, 0.6) is 5.75 Å². The minimum atomic E-state index is 0.166. The molecule has 1 aromatic rings. The summed E-state index contributed by atoms with van der Waals surface area (Å²) in [5, 5.41) is 0. The Morgan fingerprint density at radius 2 is 2.33 bits per heavy atom. The number of ether oxygens (including phenoxy) is 1. The first-order valence-corrected chi connectivity index (χ1v) is 4.03. The minimum Gasteiger partial charge on any atom is -0.489 e. The predicted octanol–water partition coefficient (Wildman–Crippen LogP) is 1.33. The Morgan fingerprint density at radius 3 is 2.92 bits per heavy atom. The molecule has 0 spiro atoms. The maximum absolute atomic E-state index is 5.52. The number of hydrogen-bond acceptors (Lipinski definition) is 3.